The van der Waals surface area contributed by atoms with Gasteiger partial charge in [0.1, 0.15) is 0 Å². The zero-order valence-electron chi connectivity index (χ0n) is 7.25. The molecule has 4 nitrogen and oxygen atoms in total. The highest BCUT2D eigenvalue weighted by atomic mass is 16.4. The Balaban J connectivity index is 2.58. The van der Waals surface area contributed by atoms with Crippen molar-refractivity contribution < 1.29 is 9.90 Å². The van der Waals surface area contributed by atoms with Gasteiger partial charge < -0.3 is 9.90 Å². The van der Waals surface area contributed by atoms with Crippen molar-refractivity contribution in [1.82, 2.24) is 9.78 Å². The third-order valence-electron chi connectivity index (χ3n) is 1.88. The molecule has 0 aliphatic rings. The van der Waals surface area contributed by atoms with Gasteiger partial charge in [-0.15, -0.1) is 0 Å². The van der Waals surface area contributed by atoms with Crippen molar-refractivity contribution in [3.63, 3.8) is 0 Å². The van der Waals surface area contributed by atoms with Gasteiger partial charge in [0.05, 0.1) is 11.7 Å². The van der Waals surface area contributed by atoms with Gasteiger partial charge in [0.2, 0.25) is 0 Å². The number of aromatic carboxylic acids is 1. The Morgan fingerprint density at radius 3 is 2.71 bits per heavy atom. The van der Waals surface area contributed by atoms with E-state index in [1.54, 1.807) is 36.7 Å². The SMILES string of the molecule is O=C([O-])c1ccccc1-n1cccn1. The predicted octanol–water partition coefficient (Wildman–Crippen LogP) is 0.236. The highest BCUT2D eigenvalue weighted by molar-refractivity contribution is 5.90. The maximum atomic E-state index is 10.8. The Morgan fingerprint density at radius 2 is 2.07 bits per heavy atom. The Morgan fingerprint density at radius 1 is 1.29 bits per heavy atom. The summed E-state index contributed by atoms with van der Waals surface area (Å²) in [6.07, 6.45) is 3.27. The lowest BCUT2D eigenvalue weighted by Gasteiger charge is -2.09. The van der Waals surface area contributed by atoms with E-state index >= 15 is 0 Å². The van der Waals surface area contributed by atoms with Crippen molar-refractivity contribution in [3.05, 3.63) is 48.3 Å². The van der Waals surface area contributed by atoms with Crippen LogP contribution in [0.2, 0.25) is 0 Å². The Bertz CT molecular complexity index is 449. The lowest BCUT2D eigenvalue weighted by molar-refractivity contribution is -0.255. The van der Waals surface area contributed by atoms with Crippen LogP contribution in [0.15, 0.2) is 42.7 Å². The van der Waals surface area contributed by atoms with Crippen molar-refractivity contribution in [2.45, 2.75) is 0 Å². The van der Waals surface area contributed by atoms with Crippen molar-refractivity contribution >= 4 is 5.97 Å². The fraction of sp³-hybridized carbons (Fsp3) is 0. The van der Waals surface area contributed by atoms with E-state index in [9.17, 15) is 9.90 Å². The minimum absolute atomic E-state index is 0.135. The summed E-state index contributed by atoms with van der Waals surface area (Å²) in [5.74, 6) is -1.20. The van der Waals surface area contributed by atoms with Gasteiger partial charge in [0.25, 0.3) is 0 Å². The molecule has 0 fully saturated rings. The third-order valence-corrected chi connectivity index (χ3v) is 1.88. The molecule has 0 bridgehead atoms. The topological polar surface area (TPSA) is 57.9 Å². The van der Waals surface area contributed by atoms with Crippen LogP contribution in [-0.2, 0) is 0 Å². The number of nitrogens with zero attached hydrogens (tertiary/aromatic N) is 2. The van der Waals surface area contributed by atoms with Gasteiger partial charge in [-0.1, -0.05) is 18.2 Å². The number of benzene rings is 1. The van der Waals surface area contributed by atoms with Crippen LogP contribution in [0.5, 0.6) is 0 Å². The number of carbonyl (C=O) groups excluding carboxylic acids is 1. The molecule has 1 heterocycles. The number of hydrogen-bond donors (Lipinski definition) is 0. The highest BCUT2D eigenvalue weighted by Crippen LogP contribution is 2.11. The smallest absolute Gasteiger partial charge is 0.0737 e. The van der Waals surface area contributed by atoms with E-state index in [2.05, 4.69) is 5.10 Å². The molecule has 0 radical (unpaired) electrons. The zero-order chi connectivity index (χ0) is 9.97. The number of carbonyl (C=O) groups is 1. The maximum Gasteiger partial charge on any atom is 0.0737 e. The summed E-state index contributed by atoms with van der Waals surface area (Å²) >= 11 is 0. The summed E-state index contributed by atoms with van der Waals surface area (Å²) in [5, 5.41) is 14.7. The van der Waals surface area contributed by atoms with Crippen LogP contribution in [0.3, 0.4) is 0 Å². The minimum atomic E-state index is -1.20. The number of para-hydroxylation sites is 1. The molecule has 2 aromatic rings. The lowest BCUT2D eigenvalue weighted by Crippen LogP contribution is -2.24. The van der Waals surface area contributed by atoms with Crippen LogP contribution in [0.25, 0.3) is 5.69 Å². The van der Waals surface area contributed by atoms with E-state index in [4.69, 9.17) is 0 Å². The molecule has 14 heavy (non-hydrogen) atoms. The molecular weight excluding hydrogens is 180 g/mol. The highest BCUT2D eigenvalue weighted by Gasteiger charge is 2.03. The number of aromatic nitrogens is 2. The van der Waals surface area contributed by atoms with Gasteiger partial charge >= 0.3 is 0 Å². The molecule has 1 aromatic heterocycles. The van der Waals surface area contributed by atoms with Crippen LogP contribution in [0.1, 0.15) is 10.4 Å². The van der Waals surface area contributed by atoms with Crippen LogP contribution in [0, 0.1) is 0 Å². The quantitative estimate of drug-likeness (QED) is 0.676. The molecule has 0 aliphatic carbocycles. The fourth-order valence-electron chi connectivity index (χ4n) is 1.26. The molecule has 1 aromatic carbocycles. The first kappa shape index (κ1) is 8.50. The summed E-state index contributed by atoms with van der Waals surface area (Å²) in [5.41, 5.74) is 0.647. The molecule has 0 saturated carbocycles. The molecule has 70 valence electrons. The van der Waals surface area contributed by atoms with Gasteiger partial charge in [-0.25, -0.2) is 4.68 Å². The van der Waals surface area contributed by atoms with Crippen LogP contribution < -0.4 is 5.11 Å². The lowest BCUT2D eigenvalue weighted by atomic mass is 10.2. The average Bonchev–Trinajstić information content (AvgIpc) is 2.70. The number of carboxylic acid groups (broad SMARTS) is 1. The predicted molar refractivity (Wildman–Crippen MR) is 47.9 cm³/mol. The molecule has 0 spiro atoms. The largest absolute Gasteiger partial charge is 0.545 e. The molecule has 0 unspecified atom stereocenters. The normalized spacial score (nSPS) is 10.0. The van der Waals surface area contributed by atoms with Gasteiger partial charge in [-0.2, -0.15) is 5.10 Å². The van der Waals surface area contributed by atoms with E-state index in [1.807, 2.05) is 0 Å². The number of hydrogen-bond acceptors (Lipinski definition) is 3. The monoisotopic (exact) mass is 187 g/mol. The molecule has 0 atom stereocenters. The average molecular weight is 187 g/mol. The van der Waals surface area contributed by atoms with Gasteiger partial charge in [0, 0.05) is 18.0 Å². The summed E-state index contributed by atoms with van der Waals surface area (Å²) in [4.78, 5) is 10.8. The second-order valence-electron chi connectivity index (χ2n) is 2.76. The molecule has 0 amide bonds. The van der Waals surface area contributed by atoms with Crippen molar-refractivity contribution in [1.29, 1.82) is 0 Å². The van der Waals surface area contributed by atoms with E-state index in [1.165, 1.54) is 10.7 Å². The third kappa shape index (κ3) is 1.37. The van der Waals surface area contributed by atoms with Crippen LogP contribution >= 0.6 is 0 Å². The zero-order valence-corrected chi connectivity index (χ0v) is 7.25. The van der Waals surface area contributed by atoms with Crippen molar-refractivity contribution in [3.8, 4) is 5.69 Å². The molecule has 4 heteroatoms. The second-order valence-corrected chi connectivity index (χ2v) is 2.76. The molecule has 2 rings (SSSR count). The second kappa shape index (κ2) is 3.33. The number of carboxylic acids is 1. The summed E-state index contributed by atoms with van der Waals surface area (Å²) in [6, 6.07) is 8.30. The van der Waals surface area contributed by atoms with Gasteiger partial charge in [0.15, 0.2) is 0 Å². The van der Waals surface area contributed by atoms with E-state index in [0.717, 1.165) is 0 Å². The maximum absolute atomic E-state index is 10.8. The van der Waals surface area contributed by atoms with Gasteiger partial charge in [-0.3, -0.25) is 0 Å². The molecule has 0 N–H and O–H groups in total. The first-order valence-corrected chi connectivity index (χ1v) is 4.09. The van der Waals surface area contributed by atoms with Gasteiger partial charge in [-0.05, 0) is 12.1 Å². The summed E-state index contributed by atoms with van der Waals surface area (Å²) in [6.45, 7) is 0. The van der Waals surface area contributed by atoms with E-state index < -0.39 is 5.97 Å². The summed E-state index contributed by atoms with van der Waals surface area (Å²) < 4.78 is 1.49. The van der Waals surface area contributed by atoms with Crippen molar-refractivity contribution in [2.24, 2.45) is 0 Å². The van der Waals surface area contributed by atoms with Crippen molar-refractivity contribution in [2.75, 3.05) is 0 Å². The Kier molecular flexibility index (Phi) is 2.02. The fourth-order valence-corrected chi connectivity index (χ4v) is 1.26. The minimum Gasteiger partial charge on any atom is -0.545 e. The number of rotatable bonds is 2. The Labute approximate surface area is 80.4 Å². The van der Waals surface area contributed by atoms with E-state index in [0.29, 0.717) is 5.69 Å². The summed E-state index contributed by atoms with van der Waals surface area (Å²) in [7, 11) is 0. The van der Waals surface area contributed by atoms with Crippen LogP contribution in [-0.4, -0.2) is 15.7 Å². The molecular formula is C10H7N2O2-. The molecule has 0 aliphatic heterocycles. The Hall–Kier alpha value is -2.10. The first-order valence-electron chi connectivity index (χ1n) is 4.09. The van der Waals surface area contributed by atoms with Crippen LogP contribution in [0.4, 0.5) is 0 Å². The van der Waals surface area contributed by atoms with E-state index in [-0.39, 0.29) is 5.56 Å². The standard InChI is InChI=1S/C10H8N2O2/c13-10(14)8-4-1-2-5-9(8)12-7-3-6-11-12/h1-7H,(H,13,14)/p-1. The first-order chi connectivity index (χ1) is 6.79. The molecule has 0 saturated heterocycles.